The third-order valence-electron chi connectivity index (χ3n) is 4.78. The molecule has 116 valence electrons. The molecule has 0 radical (unpaired) electrons. The zero-order chi connectivity index (χ0) is 15.5. The summed E-state index contributed by atoms with van der Waals surface area (Å²) in [5.41, 5.74) is 6.80. The standard InChI is InChI=1S/C17H26N2O2/c1-4-14(12-7-9-13(21-3)10-8-12)19-16(20)17(2)11-5-6-15(17)18/h7-10,14-15H,4-6,11,18H2,1-3H3,(H,19,20). The molecule has 1 saturated carbocycles. The number of nitrogens with two attached hydrogens (primary N) is 1. The Hall–Kier alpha value is -1.55. The van der Waals surface area contributed by atoms with Crippen LogP contribution in [0.3, 0.4) is 0 Å². The Balaban J connectivity index is 2.09. The minimum atomic E-state index is -0.431. The lowest BCUT2D eigenvalue weighted by molar-refractivity contribution is -0.131. The van der Waals surface area contributed by atoms with E-state index in [0.717, 1.165) is 37.0 Å². The summed E-state index contributed by atoms with van der Waals surface area (Å²) in [7, 11) is 1.65. The molecule has 1 aliphatic rings. The van der Waals surface area contributed by atoms with Gasteiger partial charge in [0.15, 0.2) is 0 Å². The summed E-state index contributed by atoms with van der Waals surface area (Å²) in [5.74, 6) is 0.903. The quantitative estimate of drug-likeness (QED) is 0.876. The number of amides is 1. The van der Waals surface area contributed by atoms with Gasteiger partial charge in [-0.05, 0) is 43.9 Å². The lowest BCUT2D eigenvalue weighted by Crippen LogP contribution is -2.48. The fourth-order valence-corrected chi connectivity index (χ4v) is 3.06. The van der Waals surface area contributed by atoms with Gasteiger partial charge in [0.25, 0.3) is 0 Å². The van der Waals surface area contributed by atoms with Crippen LogP contribution in [0.25, 0.3) is 0 Å². The molecule has 3 atom stereocenters. The van der Waals surface area contributed by atoms with Gasteiger partial charge in [-0.1, -0.05) is 25.5 Å². The number of carbonyl (C=O) groups is 1. The van der Waals surface area contributed by atoms with E-state index in [-0.39, 0.29) is 18.0 Å². The maximum Gasteiger partial charge on any atom is 0.227 e. The van der Waals surface area contributed by atoms with Crippen molar-refractivity contribution >= 4 is 5.91 Å². The van der Waals surface area contributed by atoms with Crippen molar-refractivity contribution in [1.29, 1.82) is 0 Å². The van der Waals surface area contributed by atoms with E-state index in [1.54, 1.807) is 7.11 Å². The van der Waals surface area contributed by atoms with E-state index in [4.69, 9.17) is 10.5 Å². The molecular weight excluding hydrogens is 264 g/mol. The van der Waals surface area contributed by atoms with Crippen LogP contribution in [0.1, 0.15) is 51.1 Å². The predicted octanol–water partition coefficient (Wildman–Crippen LogP) is 2.78. The van der Waals surface area contributed by atoms with Crippen LogP contribution in [0.4, 0.5) is 0 Å². The van der Waals surface area contributed by atoms with E-state index in [0.29, 0.717) is 0 Å². The van der Waals surface area contributed by atoms with Crippen LogP contribution in [0.15, 0.2) is 24.3 Å². The van der Waals surface area contributed by atoms with Crippen LogP contribution in [0.5, 0.6) is 5.75 Å². The first-order chi connectivity index (χ1) is 10.0. The van der Waals surface area contributed by atoms with Crippen molar-refractivity contribution in [2.75, 3.05) is 7.11 Å². The van der Waals surface area contributed by atoms with Gasteiger partial charge in [0.05, 0.1) is 18.6 Å². The third kappa shape index (κ3) is 3.21. The van der Waals surface area contributed by atoms with Crippen LogP contribution in [0, 0.1) is 5.41 Å². The first-order valence-electron chi connectivity index (χ1n) is 7.71. The Morgan fingerprint density at radius 2 is 2.14 bits per heavy atom. The van der Waals surface area contributed by atoms with Crippen molar-refractivity contribution in [3.05, 3.63) is 29.8 Å². The second-order valence-corrected chi connectivity index (χ2v) is 6.12. The van der Waals surface area contributed by atoms with Gasteiger partial charge < -0.3 is 15.8 Å². The molecule has 3 unspecified atom stereocenters. The molecule has 1 fully saturated rings. The van der Waals surface area contributed by atoms with E-state index in [2.05, 4.69) is 12.2 Å². The number of hydrogen-bond acceptors (Lipinski definition) is 3. The monoisotopic (exact) mass is 290 g/mol. The Morgan fingerprint density at radius 3 is 2.62 bits per heavy atom. The fourth-order valence-electron chi connectivity index (χ4n) is 3.06. The molecule has 4 nitrogen and oxygen atoms in total. The second kappa shape index (κ2) is 6.48. The van der Waals surface area contributed by atoms with E-state index in [1.165, 1.54) is 0 Å². The fraction of sp³-hybridized carbons (Fsp3) is 0.588. The topological polar surface area (TPSA) is 64.4 Å². The highest BCUT2D eigenvalue weighted by Gasteiger charge is 2.43. The third-order valence-corrected chi connectivity index (χ3v) is 4.78. The smallest absolute Gasteiger partial charge is 0.227 e. The molecule has 0 spiro atoms. The lowest BCUT2D eigenvalue weighted by atomic mass is 9.83. The molecule has 0 aliphatic heterocycles. The van der Waals surface area contributed by atoms with Gasteiger partial charge in [0.2, 0.25) is 5.91 Å². The molecule has 1 aliphatic carbocycles. The van der Waals surface area contributed by atoms with Crippen molar-refractivity contribution in [2.24, 2.45) is 11.1 Å². The van der Waals surface area contributed by atoms with Crippen LogP contribution in [-0.4, -0.2) is 19.1 Å². The largest absolute Gasteiger partial charge is 0.497 e. The van der Waals surface area contributed by atoms with Crippen molar-refractivity contribution < 1.29 is 9.53 Å². The Bertz CT molecular complexity index is 486. The van der Waals surface area contributed by atoms with E-state index >= 15 is 0 Å². The average Bonchev–Trinajstić information content (AvgIpc) is 2.85. The average molecular weight is 290 g/mol. The molecule has 1 aromatic carbocycles. The van der Waals surface area contributed by atoms with Gasteiger partial charge in [-0.15, -0.1) is 0 Å². The summed E-state index contributed by atoms with van der Waals surface area (Å²) in [6.45, 7) is 4.06. The molecule has 0 heterocycles. The molecule has 2 rings (SSSR count). The molecule has 3 N–H and O–H groups in total. The summed E-state index contributed by atoms with van der Waals surface area (Å²) in [4.78, 5) is 12.6. The summed E-state index contributed by atoms with van der Waals surface area (Å²) in [6, 6.07) is 7.84. The van der Waals surface area contributed by atoms with Crippen molar-refractivity contribution in [1.82, 2.24) is 5.32 Å². The summed E-state index contributed by atoms with van der Waals surface area (Å²) < 4.78 is 5.17. The Morgan fingerprint density at radius 1 is 1.48 bits per heavy atom. The van der Waals surface area contributed by atoms with Gasteiger partial charge in [0, 0.05) is 6.04 Å². The summed E-state index contributed by atoms with van der Waals surface area (Å²) in [5, 5.41) is 3.17. The summed E-state index contributed by atoms with van der Waals surface area (Å²) in [6.07, 6.45) is 3.69. The molecule has 0 saturated heterocycles. The van der Waals surface area contributed by atoms with Crippen molar-refractivity contribution in [3.63, 3.8) is 0 Å². The van der Waals surface area contributed by atoms with Crippen molar-refractivity contribution in [3.8, 4) is 5.75 Å². The van der Waals surface area contributed by atoms with E-state index in [1.807, 2.05) is 31.2 Å². The normalized spacial score (nSPS) is 26.4. The van der Waals surface area contributed by atoms with E-state index in [9.17, 15) is 4.79 Å². The van der Waals surface area contributed by atoms with Gasteiger partial charge in [0.1, 0.15) is 5.75 Å². The highest BCUT2D eigenvalue weighted by Crippen LogP contribution is 2.37. The van der Waals surface area contributed by atoms with Crippen LogP contribution in [0.2, 0.25) is 0 Å². The molecule has 0 bridgehead atoms. The first-order valence-corrected chi connectivity index (χ1v) is 7.71. The number of methoxy groups -OCH3 is 1. The predicted molar refractivity (Wildman–Crippen MR) is 84.1 cm³/mol. The zero-order valence-electron chi connectivity index (χ0n) is 13.2. The SMILES string of the molecule is CCC(NC(=O)C1(C)CCCC1N)c1ccc(OC)cc1. The number of benzene rings is 1. The Kier molecular flexibility index (Phi) is 4.88. The first kappa shape index (κ1) is 15.8. The number of nitrogens with one attached hydrogen (secondary N) is 1. The number of ether oxygens (including phenoxy) is 1. The number of carbonyl (C=O) groups excluding carboxylic acids is 1. The molecule has 1 amide bonds. The maximum absolute atomic E-state index is 12.6. The highest BCUT2D eigenvalue weighted by molar-refractivity contribution is 5.83. The molecule has 4 heteroatoms. The molecule has 21 heavy (non-hydrogen) atoms. The van der Waals surface area contributed by atoms with Gasteiger partial charge >= 0.3 is 0 Å². The van der Waals surface area contributed by atoms with E-state index < -0.39 is 5.41 Å². The van der Waals surface area contributed by atoms with Crippen LogP contribution in [-0.2, 0) is 4.79 Å². The maximum atomic E-state index is 12.6. The van der Waals surface area contributed by atoms with Gasteiger partial charge in [-0.2, -0.15) is 0 Å². The Labute approximate surface area is 127 Å². The summed E-state index contributed by atoms with van der Waals surface area (Å²) >= 11 is 0. The second-order valence-electron chi connectivity index (χ2n) is 6.12. The lowest BCUT2D eigenvalue weighted by Gasteiger charge is -2.30. The molecule has 1 aromatic rings. The number of rotatable bonds is 5. The van der Waals surface area contributed by atoms with Gasteiger partial charge in [-0.25, -0.2) is 0 Å². The molecule has 0 aromatic heterocycles. The highest BCUT2D eigenvalue weighted by atomic mass is 16.5. The minimum absolute atomic E-state index is 0.0213. The van der Waals surface area contributed by atoms with Crippen LogP contribution >= 0.6 is 0 Å². The zero-order valence-corrected chi connectivity index (χ0v) is 13.2. The van der Waals surface area contributed by atoms with Crippen LogP contribution < -0.4 is 15.8 Å². The van der Waals surface area contributed by atoms with Gasteiger partial charge in [-0.3, -0.25) is 4.79 Å². The number of hydrogen-bond donors (Lipinski definition) is 2. The minimum Gasteiger partial charge on any atom is -0.497 e. The molecular formula is C17H26N2O2. The van der Waals surface area contributed by atoms with Crippen molar-refractivity contribution in [2.45, 2.75) is 51.6 Å².